The van der Waals surface area contributed by atoms with Crippen molar-refractivity contribution in [2.45, 2.75) is 12.5 Å². The second-order valence-corrected chi connectivity index (χ2v) is 5.65. The topological polar surface area (TPSA) is 49.0 Å². The average molecular weight is 313 g/mol. The molecular formula is C18H19NO4. The molecular weight excluding hydrogens is 294 g/mol. The molecule has 5 nitrogen and oxygen atoms in total. The van der Waals surface area contributed by atoms with Gasteiger partial charge in [0.15, 0.2) is 11.5 Å². The number of rotatable bonds is 3. The molecule has 1 unspecified atom stereocenters. The number of benzene rings is 2. The van der Waals surface area contributed by atoms with Crippen molar-refractivity contribution in [2.75, 3.05) is 27.6 Å². The first kappa shape index (κ1) is 14.2. The summed E-state index contributed by atoms with van der Waals surface area (Å²) in [5.41, 5.74) is 3.54. The van der Waals surface area contributed by atoms with Crippen molar-refractivity contribution in [3.63, 3.8) is 0 Å². The SMILES string of the molecule is COc1ccc(OC)c(C2NCCc3cc4c(cc32)OCO4)c1. The van der Waals surface area contributed by atoms with Crippen LogP contribution in [0.25, 0.3) is 0 Å². The van der Waals surface area contributed by atoms with E-state index in [2.05, 4.69) is 17.4 Å². The van der Waals surface area contributed by atoms with Gasteiger partial charge in [0, 0.05) is 12.1 Å². The van der Waals surface area contributed by atoms with Gasteiger partial charge in [0.1, 0.15) is 11.5 Å². The van der Waals surface area contributed by atoms with E-state index in [1.807, 2.05) is 18.2 Å². The van der Waals surface area contributed by atoms with Crippen LogP contribution in [0.5, 0.6) is 23.0 Å². The van der Waals surface area contributed by atoms with Gasteiger partial charge < -0.3 is 24.3 Å². The molecule has 2 aromatic rings. The maximum absolute atomic E-state index is 5.55. The van der Waals surface area contributed by atoms with E-state index in [-0.39, 0.29) is 6.04 Å². The Morgan fingerprint density at radius 1 is 1.00 bits per heavy atom. The van der Waals surface area contributed by atoms with E-state index in [1.54, 1.807) is 14.2 Å². The molecule has 0 saturated carbocycles. The minimum atomic E-state index is 0.0401. The monoisotopic (exact) mass is 313 g/mol. The van der Waals surface area contributed by atoms with Gasteiger partial charge in [0.05, 0.1) is 20.3 Å². The van der Waals surface area contributed by atoms with Gasteiger partial charge in [-0.25, -0.2) is 0 Å². The van der Waals surface area contributed by atoms with Gasteiger partial charge in [-0.15, -0.1) is 0 Å². The summed E-state index contributed by atoms with van der Waals surface area (Å²) >= 11 is 0. The van der Waals surface area contributed by atoms with Crippen molar-refractivity contribution in [3.05, 3.63) is 47.0 Å². The molecule has 1 atom stereocenters. The van der Waals surface area contributed by atoms with Crippen LogP contribution in [0.1, 0.15) is 22.7 Å². The zero-order chi connectivity index (χ0) is 15.8. The smallest absolute Gasteiger partial charge is 0.231 e. The van der Waals surface area contributed by atoms with Crippen LogP contribution in [-0.2, 0) is 6.42 Å². The molecule has 120 valence electrons. The molecule has 0 aliphatic carbocycles. The van der Waals surface area contributed by atoms with Crippen molar-refractivity contribution in [3.8, 4) is 23.0 Å². The highest BCUT2D eigenvalue weighted by Gasteiger charge is 2.28. The van der Waals surface area contributed by atoms with E-state index in [0.29, 0.717) is 6.79 Å². The van der Waals surface area contributed by atoms with Crippen LogP contribution in [0.4, 0.5) is 0 Å². The van der Waals surface area contributed by atoms with Crippen molar-refractivity contribution < 1.29 is 18.9 Å². The van der Waals surface area contributed by atoms with Gasteiger partial charge in [-0.2, -0.15) is 0 Å². The fraction of sp³-hybridized carbons (Fsp3) is 0.333. The molecule has 2 heterocycles. The van der Waals surface area contributed by atoms with E-state index < -0.39 is 0 Å². The summed E-state index contributed by atoms with van der Waals surface area (Å²) in [4.78, 5) is 0. The first-order chi connectivity index (χ1) is 11.3. The third kappa shape index (κ3) is 2.37. The lowest BCUT2D eigenvalue weighted by atomic mass is 9.89. The van der Waals surface area contributed by atoms with Crippen molar-refractivity contribution in [2.24, 2.45) is 0 Å². The van der Waals surface area contributed by atoms with Crippen LogP contribution in [0.15, 0.2) is 30.3 Å². The molecule has 0 radical (unpaired) electrons. The molecule has 0 aromatic heterocycles. The minimum Gasteiger partial charge on any atom is -0.497 e. The number of hydrogen-bond acceptors (Lipinski definition) is 5. The summed E-state index contributed by atoms with van der Waals surface area (Å²) in [5, 5.41) is 3.58. The van der Waals surface area contributed by atoms with Crippen molar-refractivity contribution >= 4 is 0 Å². The predicted octanol–water partition coefficient (Wildman–Crippen LogP) is 2.67. The molecule has 0 saturated heterocycles. The number of fused-ring (bicyclic) bond motifs is 2. The van der Waals surface area contributed by atoms with Crippen LogP contribution in [0, 0.1) is 0 Å². The van der Waals surface area contributed by atoms with Crippen LogP contribution < -0.4 is 24.3 Å². The highest BCUT2D eigenvalue weighted by atomic mass is 16.7. The van der Waals surface area contributed by atoms with Crippen molar-refractivity contribution in [1.82, 2.24) is 5.32 Å². The molecule has 2 aromatic carbocycles. The summed E-state index contributed by atoms with van der Waals surface area (Å²) in [6, 6.07) is 10.1. The molecule has 0 spiro atoms. The maximum atomic E-state index is 5.55. The molecule has 1 N–H and O–H groups in total. The molecule has 5 heteroatoms. The van der Waals surface area contributed by atoms with E-state index in [1.165, 1.54) is 11.1 Å². The van der Waals surface area contributed by atoms with Crippen molar-refractivity contribution in [1.29, 1.82) is 0 Å². The number of methoxy groups -OCH3 is 2. The lowest BCUT2D eigenvalue weighted by molar-refractivity contribution is 0.174. The Kier molecular flexibility index (Phi) is 3.50. The summed E-state index contributed by atoms with van der Waals surface area (Å²) in [6.45, 7) is 1.19. The Morgan fingerprint density at radius 3 is 2.61 bits per heavy atom. The standard InChI is InChI=1S/C18H19NO4/c1-20-12-3-4-15(21-2)14(8-12)18-13-9-17-16(22-10-23-17)7-11(13)5-6-19-18/h3-4,7-9,18-19H,5-6,10H2,1-2H3. The second-order valence-electron chi connectivity index (χ2n) is 5.65. The van der Waals surface area contributed by atoms with Crippen LogP contribution in [0.2, 0.25) is 0 Å². The van der Waals surface area contributed by atoms with Gasteiger partial charge in [0.25, 0.3) is 0 Å². The largest absolute Gasteiger partial charge is 0.497 e. The summed E-state index contributed by atoms with van der Waals surface area (Å²) in [6.07, 6.45) is 0.967. The van der Waals surface area contributed by atoms with Gasteiger partial charge in [-0.3, -0.25) is 0 Å². The molecule has 2 aliphatic heterocycles. The highest BCUT2D eigenvalue weighted by Crippen LogP contribution is 2.42. The predicted molar refractivity (Wildman–Crippen MR) is 85.7 cm³/mol. The summed E-state index contributed by atoms with van der Waals surface area (Å²) < 4.78 is 22.0. The minimum absolute atomic E-state index is 0.0401. The zero-order valence-electron chi connectivity index (χ0n) is 13.2. The average Bonchev–Trinajstić information content (AvgIpc) is 3.06. The fourth-order valence-electron chi connectivity index (χ4n) is 3.29. The molecule has 0 amide bonds. The Bertz CT molecular complexity index is 744. The number of hydrogen-bond donors (Lipinski definition) is 1. The van der Waals surface area contributed by atoms with Crippen LogP contribution in [0.3, 0.4) is 0 Å². The van der Waals surface area contributed by atoms with Gasteiger partial charge in [0.2, 0.25) is 6.79 Å². The van der Waals surface area contributed by atoms with Gasteiger partial charge in [-0.1, -0.05) is 0 Å². The third-order valence-corrected chi connectivity index (χ3v) is 4.44. The lowest BCUT2D eigenvalue weighted by Crippen LogP contribution is -2.30. The first-order valence-corrected chi connectivity index (χ1v) is 7.68. The first-order valence-electron chi connectivity index (χ1n) is 7.68. The zero-order valence-corrected chi connectivity index (χ0v) is 13.2. The normalized spacial score (nSPS) is 18.4. The molecule has 2 aliphatic rings. The van der Waals surface area contributed by atoms with E-state index in [0.717, 1.165) is 41.5 Å². The highest BCUT2D eigenvalue weighted by molar-refractivity contribution is 5.55. The quantitative estimate of drug-likeness (QED) is 0.944. The van der Waals surface area contributed by atoms with E-state index in [9.17, 15) is 0 Å². The molecule has 0 bridgehead atoms. The summed E-state index contributed by atoms with van der Waals surface area (Å²) in [7, 11) is 3.36. The Balaban J connectivity index is 1.83. The van der Waals surface area contributed by atoms with Gasteiger partial charge >= 0.3 is 0 Å². The number of nitrogens with one attached hydrogen (secondary N) is 1. The maximum Gasteiger partial charge on any atom is 0.231 e. The van der Waals surface area contributed by atoms with Crippen LogP contribution in [-0.4, -0.2) is 27.6 Å². The Morgan fingerprint density at radius 2 is 1.83 bits per heavy atom. The lowest BCUT2D eigenvalue weighted by Gasteiger charge is -2.29. The van der Waals surface area contributed by atoms with E-state index in [4.69, 9.17) is 18.9 Å². The molecule has 4 rings (SSSR count). The number of ether oxygens (including phenoxy) is 4. The van der Waals surface area contributed by atoms with Gasteiger partial charge in [-0.05, 0) is 47.9 Å². The fourth-order valence-corrected chi connectivity index (χ4v) is 3.29. The van der Waals surface area contributed by atoms with E-state index >= 15 is 0 Å². The molecule has 23 heavy (non-hydrogen) atoms. The Labute approximate surface area is 135 Å². The Hall–Kier alpha value is -2.40. The van der Waals surface area contributed by atoms with Crippen LogP contribution >= 0.6 is 0 Å². The second kappa shape index (κ2) is 5.66. The summed E-state index contributed by atoms with van der Waals surface area (Å²) in [5.74, 6) is 3.30. The third-order valence-electron chi connectivity index (χ3n) is 4.44. The molecule has 0 fully saturated rings.